The lowest BCUT2D eigenvalue weighted by molar-refractivity contribution is 0.498. The first-order valence-electron chi connectivity index (χ1n) is 5.56. The van der Waals surface area contributed by atoms with Gasteiger partial charge in [-0.2, -0.15) is 5.10 Å². The molecule has 92 valence electrons. The smallest absolute Gasteiger partial charge is 0.169 e. The normalized spacial score (nSPS) is 12.0. The topological polar surface area (TPSA) is 74.5 Å². The van der Waals surface area contributed by atoms with Crippen molar-refractivity contribution in [2.75, 3.05) is 5.73 Å². The molecule has 0 spiro atoms. The molecule has 0 amide bonds. The summed E-state index contributed by atoms with van der Waals surface area (Å²) in [5.74, 6) is 0.494. The molecule has 0 atom stereocenters. The van der Waals surface area contributed by atoms with Gasteiger partial charge in [0, 0.05) is 18.7 Å². The molecule has 6 nitrogen and oxygen atoms in total. The maximum Gasteiger partial charge on any atom is 0.169 e. The molecule has 0 saturated carbocycles. The molecule has 2 heterocycles. The maximum absolute atomic E-state index is 5.87. The lowest BCUT2D eigenvalue weighted by Crippen LogP contribution is -2.20. The predicted molar refractivity (Wildman–Crippen MR) is 65.4 cm³/mol. The van der Waals surface area contributed by atoms with E-state index in [9.17, 15) is 0 Å². The summed E-state index contributed by atoms with van der Waals surface area (Å²) in [6, 6.07) is 1.96. The number of nitrogens with zero attached hydrogens (tertiary/aromatic N) is 5. The van der Waals surface area contributed by atoms with Crippen molar-refractivity contribution < 1.29 is 0 Å². The lowest BCUT2D eigenvalue weighted by Gasteiger charge is -2.19. The Hall–Kier alpha value is -1.85. The van der Waals surface area contributed by atoms with Crippen LogP contribution >= 0.6 is 0 Å². The predicted octanol–water partition coefficient (Wildman–Crippen LogP) is 0.940. The Bertz CT molecular complexity index is 516. The molecule has 17 heavy (non-hydrogen) atoms. The highest BCUT2D eigenvalue weighted by Gasteiger charge is 2.24. The van der Waals surface area contributed by atoms with E-state index in [2.05, 4.69) is 36.2 Å². The molecule has 2 aromatic heterocycles. The SMILES string of the molecule is Cn1ccc(Cn2nnc(N)c2C(C)(C)C)n1. The number of aromatic nitrogens is 5. The van der Waals surface area contributed by atoms with Crippen LogP contribution in [0.15, 0.2) is 12.3 Å². The number of hydrogen-bond acceptors (Lipinski definition) is 4. The second-order valence-corrected chi connectivity index (χ2v) is 5.21. The summed E-state index contributed by atoms with van der Waals surface area (Å²) >= 11 is 0. The van der Waals surface area contributed by atoms with E-state index in [4.69, 9.17) is 5.73 Å². The Kier molecular flexibility index (Phi) is 2.65. The summed E-state index contributed by atoms with van der Waals surface area (Å²) in [4.78, 5) is 0. The first-order chi connectivity index (χ1) is 7.88. The van der Waals surface area contributed by atoms with Crippen LogP contribution < -0.4 is 5.73 Å². The van der Waals surface area contributed by atoms with Crippen molar-refractivity contribution in [1.29, 1.82) is 0 Å². The van der Waals surface area contributed by atoms with Crippen molar-refractivity contribution in [1.82, 2.24) is 24.8 Å². The number of hydrogen-bond donors (Lipinski definition) is 1. The lowest BCUT2D eigenvalue weighted by atomic mass is 9.92. The Morgan fingerprint density at radius 2 is 2.06 bits per heavy atom. The molecule has 2 N–H and O–H groups in total. The van der Waals surface area contributed by atoms with Gasteiger partial charge in [0.2, 0.25) is 0 Å². The molecule has 0 aliphatic heterocycles. The first-order valence-corrected chi connectivity index (χ1v) is 5.56. The largest absolute Gasteiger partial charge is 0.381 e. The second-order valence-electron chi connectivity index (χ2n) is 5.21. The van der Waals surface area contributed by atoms with Crippen molar-refractivity contribution in [2.45, 2.75) is 32.7 Å². The fourth-order valence-electron chi connectivity index (χ4n) is 1.91. The van der Waals surface area contributed by atoms with E-state index in [1.807, 2.05) is 24.0 Å². The van der Waals surface area contributed by atoms with Crippen LogP contribution in [0.5, 0.6) is 0 Å². The maximum atomic E-state index is 5.87. The third-order valence-electron chi connectivity index (χ3n) is 2.55. The van der Waals surface area contributed by atoms with Crippen LogP contribution in [0.25, 0.3) is 0 Å². The Morgan fingerprint density at radius 3 is 2.59 bits per heavy atom. The van der Waals surface area contributed by atoms with Crippen molar-refractivity contribution in [3.05, 3.63) is 23.7 Å². The summed E-state index contributed by atoms with van der Waals surface area (Å²) in [6.07, 6.45) is 1.91. The molecular weight excluding hydrogens is 216 g/mol. The summed E-state index contributed by atoms with van der Waals surface area (Å²) in [7, 11) is 1.89. The molecule has 0 radical (unpaired) electrons. The molecule has 0 fully saturated rings. The van der Waals surface area contributed by atoms with Gasteiger partial charge in [-0.25, -0.2) is 4.68 Å². The van der Waals surface area contributed by atoms with E-state index in [1.54, 1.807) is 4.68 Å². The third-order valence-corrected chi connectivity index (χ3v) is 2.55. The summed E-state index contributed by atoms with van der Waals surface area (Å²) < 4.78 is 3.59. The minimum atomic E-state index is -0.0810. The average Bonchev–Trinajstić information content (AvgIpc) is 2.73. The molecule has 0 unspecified atom stereocenters. The van der Waals surface area contributed by atoms with E-state index in [0.717, 1.165) is 11.4 Å². The standard InChI is InChI=1S/C11H18N6/c1-11(2,3)9-10(12)13-15-17(9)7-8-5-6-16(4)14-8/h5-6H,7,12H2,1-4H3. The number of aryl methyl sites for hydroxylation is 1. The first kappa shape index (κ1) is 11.6. The van der Waals surface area contributed by atoms with Gasteiger partial charge in [0.05, 0.1) is 17.9 Å². The zero-order valence-corrected chi connectivity index (χ0v) is 10.7. The van der Waals surface area contributed by atoms with Gasteiger partial charge in [-0.3, -0.25) is 4.68 Å². The summed E-state index contributed by atoms with van der Waals surface area (Å²) in [5.41, 5.74) is 7.68. The van der Waals surface area contributed by atoms with Crippen LogP contribution in [0.1, 0.15) is 32.2 Å². The monoisotopic (exact) mass is 234 g/mol. The van der Waals surface area contributed by atoms with E-state index >= 15 is 0 Å². The molecule has 6 heteroatoms. The van der Waals surface area contributed by atoms with E-state index < -0.39 is 0 Å². The zero-order valence-electron chi connectivity index (χ0n) is 10.7. The summed E-state index contributed by atoms with van der Waals surface area (Å²) in [6.45, 7) is 6.88. The molecule has 0 bridgehead atoms. The van der Waals surface area contributed by atoms with Gasteiger partial charge >= 0.3 is 0 Å². The van der Waals surface area contributed by atoms with Crippen LogP contribution in [0.4, 0.5) is 5.82 Å². The van der Waals surface area contributed by atoms with Gasteiger partial charge < -0.3 is 5.73 Å². The third kappa shape index (κ3) is 2.30. The number of nitrogens with two attached hydrogens (primary N) is 1. The Labute approximate surface area is 100 Å². The van der Waals surface area contributed by atoms with Crippen molar-refractivity contribution in [3.8, 4) is 0 Å². The number of anilines is 1. The molecule has 0 aliphatic rings. The zero-order chi connectivity index (χ0) is 12.6. The minimum Gasteiger partial charge on any atom is -0.381 e. The Balaban J connectivity index is 2.34. The van der Waals surface area contributed by atoms with Crippen molar-refractivity contribution in [3.63, 3.8) is 0 Å². The van der Waals surface area contributed by atoms with Crippen molar-refractivity contribution in [2.24, 2.45) is 7.05 Å². The van der Waals surface area contributed by atoms with Gasteiger partial charge in [-0.1, -0.05) is 26.0 Å². The van der Waals surface area contributed by atoms with Gasteiger partial charge in [0.15, 0.2) is 5.82 Å². The van der Waals surface area contributed by atoms with E-state index in [-0.39, 0.29) is 5.41 Å². The molecule has 2 rings (SSSR count). The minimum absolute atomic E-state index is 0.0810. The molecule has 0 saturated heterocycles. The van der Waals surface area contributed by atoms with Crippen LogP contribution in [-0.4, -0.2) is 24.8 Å². The fourth-order valence-corrected chi connectivity index (χ4v) is 1.91. The van der Waals surface area contributed by atoms with Gasteiger partial charge in [0.25, 0.3) is 0 Å². The quantitative estimate of drug-likeness (QED) is 0.839. The van der Waals surface area contributed by atoms with E-state index in [1.165, 1.54) is 0 Å². The second kappa shape index (κ2) is 3.87. The summed E-state index contributed by atoms with van der Waals surface area (Å²) in [5, 5.41) is 12.3. The van der Waals surface area contributed by atoms with Crippen LogP contribution in [0.3, 0.4) is 0 Å². The van der Waals surface area contributed by atoms with E-state index in [0.29, 0.717) is 12.4 Å². The molecule has 0 aromatic carbocycles. The highest BCUT2D eigenvalue weighted by atomic mass is 15.5. The van der Waals surface area contributed by atoms with Crippen LogP contribution in [0.2, 0.25) is 0 Å². The molecule has 0 aliphatic carbocycles. The number of nitrogen functional groups attached to an aromatic ring is 1. The molecule has 2 aromatic rings. The van der Waals surface area contributed by atoms with Crippen LogP contribution in [0, 0.1) is 0 Å². The highest BCUT2D eigenvalue weighted by molar-refractivity contribution is 5.38. The van der Waals surface area contributed by atoms with Gasteiger partial charge in [-0.05, 0) is 6.07 Å². The fraction of sp³-hybridized carbons (Fsp3) is 0.545. The average molecular weight is 234 g/mol. The van der Waals surface area contributed by atoms with Crippen LogP contribution in [-0.2, 0) is 19.0 Å². The van der Waals surface area contributed by atoms with Gasteiger partial charge in [0.1, 0.15) is 0 Å². The van der Waals surface area contributed by atoms with Crippen molar-refractivity contribution >= 4 is 5.82 Å². The van der Waals surface area contributed by atoms with Gasteiger partial charge in [-0.15, -0.1) is 5.10 Å². The number of rotatable bonds is 2. The Morgan fingerprint density at radius 1 is 1.35 bits per heavy atom. The molecular formula is C11H18N6. The highest BCUT2D eigenvalue weighted by Crippen LogP contribution is 2.26.